The van der Waals surface area contributed by atoms with Gasteiger partial charge in [0.05, 0.1) is 23.7 Å². The smallest absolute Gasteiger partial charge is 0.313 e. The summed E-state index contributed by atoms with van der Waals surface area (Å²) < 4.78 is 6.98. The topological polar surface area (TPSA) is 61.2 Å². The Morgan fingerprint density at radius 3 is 2.60 bits per heavy atom. The van der Waals surface area contributed by atoms with E-state index in [1.165, 1.54) is 10.9 Å². The van der Waals surface area contributed by atoms with Crippen molar-refractivity contribution < 1.29 is 9.53 Å². The number of benzene rings is 2. The molecular weight excluding hydrogens is 316 g/mol. The first kappa shape index (κ1) is 16.9. The first-order valence-electron chi connectivity index (χ1n) is 8.19. The zero-order valence-electron chi connectivity index (χ0n) is 14.6. The highest BCUT2D eigenvalue weighted by atomic mass is 16.5. The van der Waals surface area contributed by atoms with Crippen LogP contribution in [-0.2, 0) is 11.3 Å². The molecule has 0 aliphatic rings. The first-order chi connectivity index (χ1) is 12.0. The van der Waals surface area contributed by atoms with E-state index in [9.17, 15) is 9.59 Å². The average molecular weight is 336 g/mol. The average Bonchev–Trinajstić information content (AvgIpc) is 2.62. The fraction of sp³-hybridized carbons (Fsp3) is 0.250. The number of ether oxygens (including phenoxy) is 1. The molecule has 0 saturated carbocycles. The minimum Gasteiger partial charge on any atom is -0.426 e. The lowest BCUT2D eigenvalue weighted by atomic mass is 10.1. The van der Waals surface area contributed by atoms with Crippen LogP contribution in [0.5, 0.6) is 5.75 Å². The van der Waals surface area contributed by atoms with Gasteiger partial charge in [-0.3, -0.25) is 14.2 Å². The number of esters is 1. The highest BCUT2D eigenvalue weighted by Gasteiger charge is 2.12. The predicted octanol–water partition coefficient (Wildman–Crippen LogP) is 3.32. The van der Waals surface area contributed by atoms with Gasteiger partial charge in [-0.1, -0.05) is 24.3 Å². The largest absolute Gasteiger partial charge is 0.426 e. The molecule has 0 spiro atoms. The van der Waals surface area contributed by atoms with Crippen LogP contribution in [0, 0.1) is 20.8 Å². The number of nitrogens with zero attached hydrogens (tertiary/aromatic N) is 2. The van der Waals surface area contributed by atoms with Gasteiger partial charge in [-0.05, 0) is 49.6 Å². The Morgan fingerprint density at radius 2 is 1.80 bits per heavy atom. The number of fused-ring (bicyclic) bond motifs is 1. The molecule has 1 heterocycles. The predicted molar refractivity (Wildman–Crippen MR) is 96.9 cm³/mol. The number of hydrogen-bond acceptors (Lipinski definition) is 4. The number of hydrogen-bond donors (Lipinski definition) is 0. The molecular formula is C20H20N2O3. The molecule has 1 aromatic heterocycles. The number of para-hydroxylation sites is 1. The van der Waals surface area contributed by atoms with Crippen molar-refractivity contribution in [3.8, 4) is 5.75 Å². The van der Waals surface area contributed by atoms with Crippen LogP contribution in [0.4, 0.5) is 0 Å². The van der Waals surface area contributed by atoms with E-state index in [4.69, 9.17) is 4.74 Å². The third-order valence-corrected chi connectivity index (χ3v) is 4.38. The van der Waals surface area contributed by atoms with E-state index >= 15 is 0 Å². The van der Waals surface area contributed by atoms with Crippen LogP contribution in [0.25, 0.3) is 10.9 Å². The molecule has 0 bridgehead atoms. The quantitative estimate of drug-likeness (QED) is 0.542. The van der Waals surface area contributed by atoms with E-state index in [0.29, 0.717) is 16.7 Å². The molecule has 3 aromatic rings. The van der Waals surface area contributed by atoms with Gasteiger partial charge in [-0.15, -0.1) is 0 Å². The van der Waals surface area contributed by atoms with Crippen molar-refractivity contribution in [2.45, 2.75) is 33.7 Å². The molecule has 25 heavy (non-hydrogen) atoms. The van der Waals surface area contributed by atoms with Crippen molar-refractivity contribution >= 4 is 16.9 Å². The number of rotatable bonds is 4. The zero-order valence-corrected chi connectivity index (χ0v) is 14.6. The SMILES string of the molecule is Cc1ccc(C)c(OC(=O)CCn2cnc3ccccc3c2=O)c1C. The van der Waals surface area contributed by atoms with Crippen LogP contribution >= 0.6 is 0 Å². The Labute approximate surface area is 145 Å². The summed E-state index contributed by atoms with van der Waals surface area (Å²) in [4.78, 5) is 28.9. The fourth-order valence-corrected chi connectivity index (χ4v) is 2.72. The Balaban J connectivity index is 1.74. The molecule has 0 unspecified atom stereocenters. The molecule has 3 rings (SSSR count). The van der Waals surface area contributed by atoms with E-state index in [1.807, 2.05) is 39.0 Å². The third kappa shape index (κ3) is 3.45. The van der Waals surface area contributed by atoms with E-state index < -0.39 is 0 Å². The second kappa shape index (κ2) is 6.89. The molecule has 5 nitrogen and oxygen atoms in total. The fourth-order valence-electron chi connectivity index (χ4n) is 2.72. The molecule has 5 heteroatoms. The molecule has 0 amide bonds. The van der Waals surface area contributed by atoms with Gasteiger partial charge in [0.2, 0.25) is 0 Å². The molecule has 0 N–H and O–H groups in total. The highest BCUT2D eigenvalue weighted by Crippen LogP contribution is 2.26. The number of carbonyl (C=O) groups excluding carboxylic acids is 1. The van der Waals surface area contributed by atoms with E-state index in [0.717, 1.165) is 16.7 Å². The summed E-state index contributed by atoms with van der Waals surface area (Å²) >= 11 is 0. The third-order valence-electron chi connectivity index (χ3n) is 4.38. The summed E-state index contributed by atoms with van der Waals surface area (Å²) in [5.41, 5.74) is 3.45. The van der Waals surface area contributed by atoms with Crippen LogP contribution in [-0.4, -0.2) is 15.5 Å². The monoisotopic (exact) mass is 336 g/mol. The van der Waals surface area contributed by atoms with Gasteiger partial charge in [0.1, 0.15) is 5.75 Å². The maximum atomic E-state index is 12.4. The normalized spacial score (nSPS) is 10.8. The lowest BCUT2D eigenvalue weighted by molar-refractivity contribution is -0.134. The minimum atomic E-state index is -0.364. The van der Waals surface area contributed by atoms with Crippen LogP contribution in [0.15, 0.2) is 47.5 Å². The van der Waals surface area contributed by atoms with Crippen molar-refractivity contribution in [3.63, 3.8) is 0 Å². The van der Waals surface area contributed by atoms with Crippen LogP contribution < -0.4 is 10.3 Å². The first-order valence-corrected chi connectivity index (χ1v) is 8.19. The molecule has 0 atom stereocenters. The molecule has 0 fully saturated rings. The van der Waals surface area contributed by atoms with Crippen LogP contribution in [0.2, 0.25) is 0 Å². The van der Waals surface area contributed by atoms with Crippen molar-refractivity contribution in [1.29, 1.82) is 0 Å². The van der Waals surface area contributed by atoms with Gasteiger partial charge in [-0.25, -0.2) is 4.98 Å². The van der Waals surface area contributed by atoms with Gasteiger partial charge >= 0.3 is 5.97 Å². The molecule has 128 valence electrons. The number of aryl methyl sites for hydroxylation is 3. The summed E-state index contributed by atoms with van der Waals surface area (Å²) in [6.45, 7) is 6.06. The number of aromatic nitrogens is 2. The maximum absolute atomic E-state index is 12.4. The van der Waals surface area contributed by atoms with E-state index in [1.54, 1.807) is 18.2 Å². The van der Waals surface area contributed by atoms with Gasteiger partial charge in [0.15, 0.2) is 0 Å². The van der Waals surface area contributed by atoms with Gasteiger partial charge in [0.25, 0.3) is 5.56 Å². The van der Waals surface area contributed by atoms with Crippen LogP contribution in [0.1, 0.15) is 23.1 Å². The minimum absolute atomic E-state index is 0.104. The second-order valence-electron chi connectivity index (χ2n) is 6.14. The highest BCUT2D eigenvalue weighted by molar-refractivity contribution is 5.77. The molecule has 0 aliphatic heterocycles. The number of carbonyl (C=O) groups is 1. The Kier molecular flexibility index (Phi) is 4.65. The second-order valence-corrected chi connectivity index (χ2v) is 6.14. The van der Waals surface area contributed by atoms with Crippen molar-refractivity contribution in [3.05, 3.63) is 69.8 Å². The molecule has 0 aliphatic carbocycles. The van der Waals surface area contributed by atoms with Crippen LogP contribution in [0.3, 0.4) is 0 Å². The standard InChI is InChI=1S/C20H20N2O3/c1-13-8-9-14(2)19(15(13)3)25-18(23)10-11-22-12-21-17-7-5-4-6-16(17)20(22)24/h4-9,12H,10-11H2,1-3H3. The summed E-state index contributed by atoms with van der Waals surface area (Å²) in [6, 6.07) is 11.1. The maximum Gasteiger partial charge on any atom is 0.313 e. The molecule has 0 saturated heterocycles. The summed E-state index contributed by atoms with van der Waals surface area (Å²) in [6.07, 6.45) is 1.58. The van der Waals surface area contributed by atoms with E-state index in [2.05, 4.69) is 4.98 Å². The lowest BCUT2D eigenvalue weighted by Crippen LogP contribution is -2.23. The van der Waals surface area contributed by atoms with Crippen molar-refractivity contribution in [2.75, 3.05) is 0 Å². The van der Waals surface area contributed by atoms with Gasteiger partial charge in [-0.2, -0.15) is 0 Å². The summed E-state index contributed by atoms with van der Waals surface area (Å²) in [7, 11) is 0. The van der Waals surface area contributed by atoms with Gasteiger partial charge in [0, 0.05) is 6.54 Å². The van der Waals surface area contributed by atoms with Crippen molar-refractivity contribution in [1.82, 2.24) is 9.55 Å². The Morgan fingerprint density at radius 1 is 1.08 bits per heavy atom. The molecule has 2 aromatic carbocycles. The Bertz CT molecular complexity index is 1010. The van der Waals surface area contributed by atoms with Crippen molar-refractivity contribution in [2.24, 2.45) is 0 Å². The summed E-state index contributed by atoms with van der Waals surface area (Å²) in [5, 5.41) is 0.545. The van der Waals surface area contributed by atoms with Gasteiger partial charge < -0.3 is 4.74 Å². The lowest BCUT2D eigenvalue weighted by Gasteiger charge is -2.13. The van der Waals surface area contributed by atoms with E-state index in [-0.39, 0.29) is 24.5 Å². The molecule has 0 radical (unpaired) electrons. The Hall–Kier alpha value is -2.95. The zero-order chi connectivity index (χ0) is 18.0. The summed E-state index contributed by atoms with van der Waals surface area (Å²) in [5.74, 6) is 0.242.